The van der Waals surface area contributed by atoms with Crippen LogP contribution in [0.1, 0.15) is 86.3 Å². The van der Waals surface area contributed by atoms with Crippen LogP contribution < -0.4 is 0 Å². The fraction of sp³-hybridized carbons (Fsp3) is 0.556. The van der Waals surface area contributed by atoms with Crippen molar-refractivity contribution in [1.29, 1.82) is 0 Å². The van der Waals surface area contributed by atoms with E-state index in [-0.39, 0.29) is 0 Å². The Balaban J connectivity index is 1.19. The van der Waals surface area contributed by atoms with Gasteiger partial charge in [-0.1, -0.05) is 61.0 Å². The molecule has 1 nitrogen and oxygen atoms in total. The van der Waals surface area contributed by atoms with E-state index in [2.05, 4.69) is 66.4 Å². The minimum atomic E-state index is 0.376. The highest BCUT2D eigenvalue weighted by molar-refractivity contribution is 6.20. The van der Waals surface area contributed by atoms with Crippen LogP contribution in [0.2, 0.25) is 0 Å². The van der Waals surface area contributed by atoms with E-state index in [0.717, 1.165) is 24.3 Å². The minimum Gasteiger partial charge on any atom is -0.297 e. The average Bonchev–Trinajstić information content (AvgIpc) is 3.55. The van der Waals surface area contributed by atoms with E-state index in [1.54, 1.807) is 5.56 Å². The van der Waals surface area contributed by atoms with E-state index in [4.69, 9.17) is 11.6 Å². The van der Waals surface area contributed by atoms with Crippen LogP contribution in [-0.2, 0) is 0 Å². The van der Waals surface area contributed by atoms with Gasteiger partial charge in [0.1, 0.15) is 0 Å². The molecule has 0 bridgehead atoms. The molecule has 6 atom stereocenters. The summed E-state index contributed by atoms with van der Waals surface area (Å²) in [6.07, 6.45) is 8.88. The normalized spacial score (nSPS) is 35.4. The molecular formula is C27H34ClN. The van der Waals surface area contributed by atoms with Crippen molar-refractivity contribution in [1.82, 2.24) is 4.90 Å². The lowest BCUT2D eigenvalue weighted by Crippen LogP contribution is -2.42. The van der Waals surface area contributed by atoms with Crippen molar-refractivity contribution in [3.8, 4) is 0 Å². The van der Waals surface area contributed by atoms with Crippen LogP contribution in [0, 0.1) is 0 Å². The second-order valence-electron chi connectivity index (χ2n) is 9.76. The molecule has 6 unspecified atom stereocenters. The number of hydrogen-bond acceptors (Lipinski definition) is 1. The second kappa shape index (κ2) is 8.44. The SMILES string of the molecule is CC1CC(c2ccccc2)CCN1C1CC1c1ccc(C2CCCC(Cl)C2)cc1. The molecule has 3 fully saturated rings. The lowest BCUT2D eigenvalue weighted by atomic mass is 9.83. The van der Waals surface area contributed by atoms with Crippen LogP contribution in [0.3, 0.4) is 0 Å². The van der Waals surface area contributed by atoms with Gasteiger partial charge in [0, 0.05) is 23.4 Å². The van der Waals surface area contributed by atoms with E-state index in [1.807, 2.05) is 0 Å². The summed E-state index contributed by atoms with van der Waals surface area (Å²) >= 11 is 6.42. The number of piperidine rings is 1. The number of benzene rings is 2. The maximum atomic E-state index is 6.42. The molecule has 2 aromatic rings. The van der Waals surface area contributed by atoms with E-state index in [0.29, 0.717) is 17.3 Å². The van der Waals surface area contributed by atoms with Gasteiger partial charge in [0.2, 0.25) is 0 Å². The standard InChI is InChI=1S/C27H34ClN/c1-19-16-24(20-6-3-2-4-7-20)14-15-29(19)27-18-26(27)22-12-10-21(11-13-22)23-8-5-9-25(28)17-23/h2-4,6-7,10-13,19,23-27H,5,8-9,14-18H2,1H3. The largest absolute Gasteiger partial charge is 0.297 e. The molecule has 2 aromatic carbocycles. The first-order valence-electron chi connectivity index (χ1n) is 11.7. The number of alkyl halides is 1. The molecule has 2 heteroatoms. The van der Waals surface area contributed by atoms with Gasteiger partial charge in [-0.2, -0.15) is 0 Å². The van der Waals surface area contributed by atoms with Crippen LogP contribution >= 0.6 is 11.6 Å². The molecule has 2 aliphatic carbocycles. The molecule has 1 heterocycles. The van der Waals surface area contributed by atoms with E-state index in [9.17, 15) is 0 Å². The van der Waals surface area contributed by atoms with Gasteiger partial charge in [-0.25, -0.2) is 0 Å². The molecule has 0 N–H and O–H groups in total. The summed E-state index contributed by atoms with van der Waals surface area (Å²) in [5.74, 6) is 2.15. The summed E-state index contributed by atoms with van der Waals surface area (Å²) in [5, 5.41) is 0.376. The van der Waals surface area contributed by atoms with E-state index < -0.39 is 0 Å². The topological polar surface area (TPSA) is 3.24 Å². The highest BCUT2D eigenvalue weighted by atomic mass is 35.5. The Kier molecular flexibility index (Phi) is 5.71. The highest BCUT2D eigenvalue weighted by Crippen LogP contribution is 2.48. The van der Waals surface area contributed by atoms with Crippen molar-refractivity contribution >= 4 is 11.6 Å². The van der Waals surface area contributed by atoms with Gasteiger partial charge in [0.15, 0.2) is 0 Å². The molecule has 0 aromatic heterocycles. The molecule has 1 aliphatic heterocycles. The zero-order chi connectivity index (χ0) is 19.8. The van der Waals surface area contributed by atoms with Crippen LogP contribution in [0.5, 0.6) is 0 Å². The summed E-state index contributed by atoms with van der Waals surface area (Å²) < 4.78 is 0. The second-order valence-corrected chi connectivity index (χ2v) is 10.4. The van der Waals surface area contributed by atoms with Crippen molar-refractivity contribution in [2.45, 2.75) is 87.1 Å². The quantitative estimate of drug-likeness (QED) is 0.489. The fourth-order valence-electron chi connectivity index (χ4n) is 6.07. The third-order valence-electron chi connectivity index (χ3n) is 7.83. The Bertz CT molecular complexity index is 801. The number of nitrogens with zero attached hydrogens (tertiary/aromatic N) is 1. The third-order valence-corrected chi connectivity index (χ3v) is 8.22. The fourth-order valence-corrected chi connectivity index (χ4v) is 6.43. The Morgan fingerprint density at radius 1 is 0.759 bits per heavy atom. The number of halogens is 1. The molecule has 5 rings (SSSR count). The zero-order valence-corrected chi connectivity index (χ0v) is 18.4. The Hall–Kier alpha value is -1.31. The van der Waals surface area contributed by atoms with Crippen molar-refractivity contribution in [2.24, 2.45) is 0 Å². The van der Waals surface area contributed by atoms with Gasteiger partial charge in [-0.3, -0.25) is 4.90 Å². The maximum Gasteiger partial charge on any atom is 0.0341 e. The van der Waals surface area contributed by atoms with Crippen LogP contribution in [-0.4, -0.2) is 28.9 Å². The molecule has 0 amide bonds. The summed E-state index contributed by atoms with van der Waals surface area (Å²) in [6, 6.07) is 22.2. The first-order valence-corrected chi connectivity index (χ1v) is 12.2. The summed E-state index contributed by atoms with van der Waals surface area (Å²) in [6.45, 7) is 3.69. The Morgan fingerprint density at radius 3 is 2.17 bits per heavy atom. The van der Waals surface area contributed by atoms with Crippen LogP contribution in [0.15, 0.2) is 54.6 Å². The lowest BCUT2D eigenvalue weighted by Gasteiger charge is -2.38. The van der Waals surface area contributed by atoms with Crippen LogP contribution in [0.4, 0.5) is 0 Å². The average molecular weight is 408 g/mol. The predicted molar refractivity (Wildman–Crippen MR) is 123 cm³/mol. The summed E-state index contributed by atoms with van der Waals surface area (Å²) in [7, 11) is 0. The smallest absolute Gasteiger partial charge is 0.0341 e. The first-order chi connectivity index (χ1) is 14.2. The number of hydrogen-bond donors (Lipinski definition) is 0. The number of rotatable bonds is 4. The van der Waals surface area contributed by atoms with Crippen LogP contribution in [0.25, 0.3) is 0 Å². The van der Waals surface area contributed by atoms with E-state index >= 15 is 0 Å². The van der Waals surface area contributed by atoms with Gasteiger partial charge in [-0.15, -0.1) is 11.6 Å². The molecule has 0 radical (unpaired) electrons. The number of likely N-dealkylation sites (tertiary alicyclic amines) is 1. The molecule has 3 aliphatic rings. The summed E-state index contributed by atoms with van der Waals surface area (Å²) in [4.78, 5) is 2.80. The minimum absolute atomic E-state index is 0.376. The zero-order valence-electron chi connectivity index (χ0n) is 17.6. The molecule has 29 heavy (non-hydrogen) atoms. The molecular weight excluding hydrogens is 374 g/mol. The molecule has 154 valence electrons. The lowest BCUT2D eigenvalue weighted by molar-refractivity contribution is 0.135. The maximum absolute atomic E-state index is 6.42. The van der Waals surface area contributed by atoms with Crippen molar-refractivity contribution < 1.29 is 0 Å². The van der Waals surface area contributed by atoms with Crippen molar-refractivity contribution in [3.05, 3.63) is 71.3 Å². The monoisotopic (exact) mass is 407 g/mol. The third kappa shape index (κ3) is 4.28. The predicted octanol–water partition coefficient (Wildman–Crippen LogP) is 7.08. The van der Waals surface area contributed by atoms with Gasteiger partial charge >= 0.3 is 0 Å². The van der Waals surface area contributed by atoms with Gasteiger partial charge in [0.25, 0.3) is 0 Å². The highest BCUT2D eigenvalue weighted by Gasteiger charge is 2.45. The first kappa shape index (κ1) is 19.6. The van der Waals surface area contributed by atoms with Gasteiger partial charge < -0.3 is 0 Å². The molecule has 1 saturated heterocycles. The van der Waals surface area contributed by atoms with Gasteiger partial charge in [-0.05, 0) is 80.5 Å². The Morgan fingerprint density at radius 2 is 1.45 bits per heavy atom. The van der Waals surface area contributed by atoms with Crippen molar-refractivity contribution in [3.63, 3.8) is 0 Å². The summed E-state index contributed by atoms with van der Waals surface area (Å²) in [5.41, 5.74) is 4.59. The molecule has 2 saturated carbocycles. The molecule has 0 spiro atoms. The van der Waals surface area contributed by atoms with Gasteiger partial charge in [0.05, 0.1) is 0 Å². The van der Waals surface area contributed by atoms with E-state index in [1.165, 1.54) is 56.2 Å². The Labute approximate surface area is 181 Å². The van der Waals surface area contributed by atoms with Crippen molar-refractivity contribution in [2.75, 3.05) is 6.54 Å².